The molecule has 1 aromatic rings. The van der Waals surface area contributed by atoms with E-state index in [-0.39, 0.29) is 0 Å². The highest BCUT2D eigenvalue weighted by molar-refractivity contribution is 9.10. The maximum Gasteiger partial charge on any atom is 0.301 e. The van der Waals surface area contributed by atoms with Gasteiger partial charge in [0, 0.05) is 18.1 Å². The number of nitrogens with zero attached hydrogens (tertiary/aromatic N) is 1. The third-order valence-electron chi connectivity index (χ3n) is 2.48. The Morgan fingerprint density at radius 2 is 2.11 bits per heavy atom. The van der Waals surface area contributed by atoms with Crippen molar-refractivity contribution in [3.05, 3.63) is 27.7 Å². The summed E-state index contributed by atoms with van der Waals surface area (Å²) in [5.74, 6) is 0. The normalized spacial score (nSPS) is 11.8. The van der Waals surface area contributed by atoms with E-state index < -0.39 is 10.2 Å². The molecule has 0 spiro atoms. The lowest BCUT2D eigenvalue weighted by atomic mass is 10.3. The molecular weight excluding hydrogens is 354 g/mol. The van der Waals surface area contributed by atoms with Crippen molar-refractivity contribution in [1.29, 1.82) is 0 Å². The van der Waals surface area contributed by atoms with Crippen molar-refractivity contribution in [3.8, 4) is 0 Å². The van der Waals surface area contributed by atoms with Crippen molar-refractivity contribution >= 4 is 43.4 Å². The molecular formula is C11H17BrClN3O2S. The van der Waals surface area contributed by atoms with Crippen LogP contribution < -0.4 is 10.0 Å². The van der Waals surface area contributed by atoms with Crippen molar-refractivity contribution in [2.75, 3.05) is 31.9 Å². The molecule has 0 aliphatic heterocycles. The highest BCUT2D eigenvalue weighted by atomic mass is 79.9. The Kier molecular flexibility index (Phi) is 6.55. The molecule has 108 valence electrons. The molecule has 19 heavy (non-hydrogen) atoms. The highest BCUT2D eigenvalue weighted by Gasteiger charge is 2.17. The molecule has 5 nitrogen and oxygen atoms in total. The molecule has 0 aliphatic rings. The van der Waals surface area contributed by atoms with E-state index in [4.69, 9.17) is 11.6 Å². The predicted octanol–water partition coefficient (Wildman–Crippen LogP) is 2.30. The molecule has 0 atom stereocenters. The highest BCUT2D eigenvalue weighted by Crippen LogP contribution is 2.26. The second-order valence-electron chi connectivity index (χ2n) is 4.01. The molecule has 0 fully saturated rings. The minimum atomic E-state index is -3.54. The van der Waals surface area contributed by atoms with Gasteiger partial charge in [0.1, 0.15) is 0 Å². The molecule has 0 saturated carbocycles. The van der Waals surface area contributed by atoms with Gasteiger partial charge < -0.3 is 5.32 Å². The van der Waals surface area contributed by atoms with Gasteiger partial charge in [0.25, 0.3) is 0 Å². The van der Waals surface area contributed by atoms with Gasteiger partial charge in [0.05, 0.1) is 10.7 Å². The Labute approximate surface area is 127 Å². The average Bonchev–Trinajstić information content (AvgIpc) is 2.33. The van der Waals surface area contributed by atoms with Crippen molar-refractivity contribution in [1.82, 2.24) is 9.62 Å². The molecule has 0 heterocycles. The zero-order chi connectivity index (χ0) is 14.5. The van der Waals surface area contributed by atoms with E-state index in [1.807, 2.05) is 7.05 Å². The number of rotatable bonds is 7. The number of anilines is 1. The molecule has 0 radical (unpaired) electrons. The summed E-state index contributed by atoms with van der Waals surface area (Å²) in [4.78, 5) is 0. The summed E-state index contributed by atoms with van der Waals surface area (Å²) in [6.45, 7) is 1.21. The van der Waals surface area contributed by atoms with Gasteiger partial charge in [-0.3, -0.25) is 4.72 Å². The SMILES string of the molecule is CNCCCN(C)S(=O)(=O)Nc1ccc(Br)c(Cl)c1. The zero-order valence-corrected chi connectivity index (χ0v) is 13.9. The lowest BCUT2D eigenvalue weighted by Gasteiger charge is -2.18. The smallest absolute Gasteiger partial charge is 0.301 e. The molecule has 0 aromatic heterocycles. The molecule has 0 unspecified atom stereocenters. The van der Waals surface area contributed by atoms with Crippen molar-refractivity contribution < 1.29 is 8.42 Å². The second kappa shape index (κ2) is 7.44. The maximum absolute atomic E-state index is 12.0. The summed E-state index contributed by atoms with van der Waals surface area (Å²) >= 11 is 9.17. The van der Waals surface area contributed by atoms with Gasteiger partial charge in [-0.05, 0) is 54.1 Å². The van der Waals surface area contributed by atoms with Gasteiger partial charge in [0.2, 0.25) is 0 Å². The number of hydrogen-bond donors (Lipinski definition) is 2. The van der Waals surface area contributed by atoms with Gasteiger partial charge in [-0.15, -0.1) is 0 Å². The summed E-state index contributed by atoms with van der Waals surface area (Å²) in [6.07, 6.45) is 0.745. The fourth-order valence-electron chi connectivity index (χ4n) is 1.39. The molecule has 0 aliphatic carbocycles. The monoisotopic (exact) mass is 369 g/mol. The van der Waals surface area contributed by atoms with Crippen LogP contribution in [0.15, 0.2) is 22.7 Å². The number of hydrogen-bond acceptors (Lipinski definition) is 3. The van der Waals surface area contributed by atoms with Crippen LogP contribution in [-0.2, 0) is 10.2 Å². The minimum absolute atomic E-state index is 0.439. The largest absolute Gasteiger partial charge is 0.320 e. The van der Waals surface area contributed by atoms with Crippen LogP contribution in [0.4, 0.5) is 5.69 Å². The Hall–Kier alpha value is -0.340. The molecule has 2 N–H and O–H groups in total. The zero-order valence-electron chi connectivity index (χ0n) is 10.8. The van der Waals surface area contributed by atoms with E-state index in [2.05, 4.69) is 26.0 Å². The summed E-state index contributed by atoms with van der Waals surface area (Å²) in [7, 11) is -0.172. The molecule has 1 rings (SSSR count). The van der Waals surface area contributed by atoms with Crippen molar-refractivity contribution in [2.24, 2.45) is 0 Å². The van der Waals surface area contributed by atoms with Crippen LogP contribution in [0.2, 0.25) is 5.02 Å². The van der Waals surface area contributed by atoms with Gasteiger partial charge in [-0.1, -0.05) is 11.6 Å². The van der Waals surface area contributed by atoms with E-state index >= 15 is 0 Å². The Morgan fingerprint density at radius 1 is 1.42 bits per heavy atom. The Balaban J connectivity index is 2.70. The third-order valence-corrected chi connectivity index (χ3v) is 5.21. The van der Waals surface area contributed by atoms with E-state index in [1.54, 1.807) is 25.2 Å². The number of benzene rings is 1. The summed E-state index contributed by atoms with van der Waals surface area (Å²) in [6, 6.07) is 4.90. The first-order chi connectivity index (χ1) is 8.86. The third kappa shape index (κ3) is 5.27. The molecule has 8 heteroatoms. The first-order valence-electron chi connectivity index (χ1n) is 5.70. The first-order valence-corrected chi connectivity index (χ1v) is 8.31. The fraction of sp³-hybridized carbons (Fsp3) is 0.455. The Bertz CT molecular complexity index is 525. The predicted molar refractivity (Wildman–Crippen MR) is 82.9 cm³/mol. The van der Waals surface area contributed by atoms with Gasteiger partial charge >= 0.3 is 10.2 Å². The van der Waals surface area contributed by atoms with Crippen LogP contribution in [0.5, 0.6) is 0 Å². The van der Waals surface area contributed by atoms with Gasteiger partial charge in [-0.2, -0.15) is 12.7 Å². The molecule has 0 bridgehead atoms. The van der Waals surface area contributed by atoms with Crippen molar-refractivity contribution in [3.63, 3.8) is 0 Å². The summed E-state index contributed by atoms with van der Waals surface area (Å²) in [5, 5.41) is 3.43. The van der Waals surface area contributed by atoms with Crippen LogP contribution in [0.25, 0.3) is 0 Å². The number of halogens is 2. The lowest BCUT2D eigenvalue weighted by molar-refractivity contribution is 0.462. The van der Waals surface area contributed by atoms with Crippen LogP contribution in [0.3, 0.4) is 0 Å². The van der Waals surface area contributed by atoms with Crippen LogP contribution >= 0.6 is 27.5 Å². The molecule has 0 saturated heterocycles. The summed E-state index contributed by atoms with van der Waals surface area (Å²) in [5.41, 5.74) is 0.439. The molecule has 1 aromatic carbocycles. The van der Waals surface area contributed by atoms with E-state index in [9.17, 15) is 8.42 Å². The standard InChI is InChI=1S/C11H17BrClN3O2S/c1-14-6-3-7-16(2)19(17,18)15-9-4-5-10(12)11(13)8-9/h4-5,8,14-15H,3,6-7H2,1-2H3. The number of nitrogens with one attached hydrogen (secondary N) is 2. The van der Waals surface area contributed by atoms with Crippen molar-refractivity contribution in [2.45, 2.75) is 6.42 Å². The summed E-state index contributed by atoms with van der Waals surface area (Å²) < 4.78 is 28.5. The Morgan fingerprint density at radius 3 is 2.68 bits per heavy atom. The lowest BCUT2D eigenvalue weighted by Crippen LogP contribution is -2.34. The average molecular weight is 371 g/mol. The minimum Gasteiger partial charge on any atom is -0.320 e. The second-order valence-corrected chi connectivity index (χ2v) is 7.05. The maximum atomic E-state index is 12.0. The van der Waals surface area contributed by atoms with E-state index in [0.29, 0.717) is 17.3 Å². The quantitative estimate of drug-likeness (QED) is 0.724. The first kappa shape index (κ1) is 16.7. The van der Waals surface area contributed by atoms with Gasteiger partial charge in [-0.25, -0.2) is 0 Å². The topological polar surface area (TPSA) is 61.4 Å². The molecule has 0 amide bonds. The van der Waals surface area contributed by atoms with Gasteiger partial charge in [0.15, 0.2) is 0 Å². The fourth-order valence-corrected chi connectivity index (χ4v) is 2.76. The van der Waals surface area contributed by atoms with Crippen LogP contribution in [-0.4, -0.2) is 39.9 Å². The van der Waals surface area contributed by atoms with Crippen LogP contribution in [0, 0.1) is 0 Å². The van der Waals surface area contributed by atoms with Crippen LogP contribution in [0.1, 0.15) is 6.42 Å². The van der Waals surface area contributed by atoms with E-state index in [0.717, 1.165) is 17.4 Å². The van der Waals surface area contributed by atoms with E-state index in [1.165, 1.54) is 4.31 Å².